The van der Waals surface area contributed by atoms with Crippen molar-refractivity contribution in [3.05, 3.63) is 41.6 Å². The highest BCUT2D eigenvalue weighted by atomic mass is 32.1. The lowest BCUT2D eigenvalue weighted by atomic mass is 9.95. The van der Waals surface area contributed by atoms with E-state index in [0.717, 1.165) is 23.0 Å². The molecule has 2 amide bonds. The Bertz CT molecular complexity index is 1510. The molecule has 0 saturated carbocycles. The average Bonchev–Trinajstić information content (AvgIpc) is 3.40. The van der Waals surface area contributed by atoms with Crippen LogP contribution >= 0.6 is 11.3 Å². The molecule has 0 bridgehead atoms. The summed E-state index contributed by atoms with van der Waals surface area (Å²) in [5.74, 6) is -0.644. The maximum Gasteiger partial charge on any atom is 0.418 e. The Kier molecular flexibility index (Phi) is 6.43. The highest BCUT2D eigenvalue weighted by molar-refractivity contribution is 7.23. The summed E-state index contributed by atoms with van der Waals surface area (Å²) in [4.78, 5) is 29.7. The van der Waals surface area contributed by atoms with Gasteiger partial charge in [0, 0.05) is 22.2 Å². The lowest BCUT2D eigenvalue weighted by Gasteiger charge is -2.26. The minimum atomic E-state index is -4.63. The molecule has 2 aromatic heterocycles. The largest absolute Gasteiger partial charge is 0.418 e. The summed E-state index contributed by atoms with van der Waals surface area (Å²) >= 11 is 0.948. The Morgan fingerprint density at radius 3 is 2.35 bits per heavy atom. The monoisotopic (exact) mass is 532 g/mol. The van der Waals surface area contributed by atoms with Gasteiger partial charge in [-0.15, -0.1) is 0 Å². The third-order valence-corrected chi connectivity index (χ3v) is 6.81. The van der Waals surface area contributed by atoms with E-state index in [1.165, 1.54) is 6.20 Å². The van der Waals surface area contributed by atoms with Crippen LogP contribution in [0.4, 0.5) is 29.7 Å². The maximum absolute atomic E-state index is 13.7. The minimum absolute atomic E-state index is 0.0381. The van der Waals surface area contributed by atoms with Crippen molar-refractivity contribution >= 4 is 60.8 Å². The van der Waals surface area contributed by atoms with Crippen molar-refractivity contribution in [1.29, 1.82) is 0 Å². The molecule has 0 fully saturated rings. The number of H-pyrrole nitrogens is 1. The first kappa shape index (κ1) is 26.4. The van der Waals surface area contributed by atoms with Crippen LogP contribution in [0, 0.1) is 12.3 Å². The summed E-state index contributed by atoms with van der Waals surface area (Å²) in [6, 6.07) is 6.29. The molecular weight excluding hydrogens is 505 g/mol. The second-order valence-electron chi connectivity index (χ2n) is 10.4. The highest BCUT2D eigenvalue weighted by Crippen LogP contribution is 2.41. The number of aryl methyl sites for hydroxylation is 1. The van der Waals surface area contributed by atoms with Gasteiger partial charge in [0.25, 0.3) is 5.91 Å². The van der Waals surface area contributed by atoms with E-state index < -0.39 is 28.6 Å². The van der Waals surface area contributed by atoms with Crippen LogP contribution in [0.25, 0.3) is 21.1 Å². The van der Waals surface area contributed by atoms with Crippen molar-refractivity contribution in [3.63, 3.8) is 0 Å². The third-order valence-electron chi connectivity index (χ3n) is 5.80. The van der Waals surface area contributed by atoms with Gasteiger partial charge in [-0.2, -0.15) is 18.3 Å². The van der Waals surface area contributed by atoms with E-state index in [9.17, 15) is 22.8 Å². The number of rotatable bonds is 5. The Hall–Kier alpha value is -3.67. The molecule has 4 aromatic rings. The molecule has 0 spiro atoms. The molecule has 0 aliphatic heterocycles. The zero-order valence-corrected chi connectivity index (χ0v) is 22.0. The normalized spacial score (nSPS) is 12.7. The van der Waals surface area contributed by atoms with Gasteiger partial charge in [-0.3, -0.25) is 20.0 Å². The second-order valence-corrected chi connectivity index (χ2v) is 11.4. The van der Waals surface area contributed by atoms with E-state index in [1.54, 1.807) is 26.0 Å². The first-order chi connectivity index (χ1) is 17.1. The lowest BCUT2D eigenvalue weighted by Crippen LogP contribution is -2.44. The summed E-state index contributed by atoms with van der Waals surface area (Å²) in [6.07, 6.45) is -3.19. The van der Waals surface area contributed by atoms with Crippen LogP contribution in [0.5, 0.6) is 0 Å². The molecule has 37 heavy (non-hydrogen) atoms. The van der Waals surface area contributed by atoms with Gasteiger partial charge in [0.15, 0.2) is 5.13 Å². The van der Waals surface area contributed by atoms with Gasteiger partial charge >= 0.3 is 6.18 Å². The van der Waals surface area contributed by atoms with E-state index in [0.29, 0.717) is 16.8 Å². The van der Waals surface area contributed by atoms with Gasteiger partial charge in [0.2, 0.25) is 5.91 Å². The van der Waals surface area contributed by atoms with Crippen molar-refractivity contribution < 1.29 is 22.8 Å². The summed E-state index contributed by atoms with van der Waals surface area (Å²) in [5.41, 5.74) is -0.628. The fourth-order valence-corrected chi connectivity index (χ4v) is 4.57. The molecule has 8 nitrogen and oxygen atoms in total. The van der Waals surface area contributed by atoms with Crippen molar-refractivity contribution in [2.24, 2.45) is 5.41 Å². The number of amides is 2. The van der Waals surface area contributed by atoms with Crippen LogP contribution in [-0.2, 0) is 15.8 Å². The summed E-state index contributed by atoms with van der Waals surface area (Å²) < 4.78 is 41.3. The number of hydrogen-bond donors (Lipinski definition) is 4. The van der Waals surface area contributed by atoms with E-state index in [1.807, 2.05) is 33.8 Å². The Morgan fingerprint density at radius 2 is 1.70 bits per heavy atom. The Balaban J connectivity index is 1.58. The summed E-state index contributed by atoms with van der Waals surface area (Å²) in [6.45, 7) is 10.6. The number of anilines is 3. The minimum Gasteiger partial charge on any atom is -0.372 e. The van der Waals surface area contributed by atoms with Gasteiger partial charge in [-0.05, 0) is 44.5 Å². The SMILES string of the molecule is Cc1ccc(NC(C)(C)C(=O)Nc2nc3c(C(F)(F)F)cc4[nH]ncc4c3s2)cc1NC(=O)C(C)(C)C. The fourth-order valence-electron chi connectivity index (χ4n) is 3.57. The molecule has 4 N–H and O–H groups in total. The van der Waals surface area contributed by atoms with Gasteiger partial charge < -0.3 is 10.6 Å². The first-order valence-corrected chi connectivity index (χ1v) is 12.2. The van der Waals surface area contributed by atoms with Gasteiger partial charge in [-0.25, -0.2) is 4.98 Å². The molecule has 0 saturated heterocycles. The van der Waals surface area contributed by atoms with E-state index in [4.69, 9.17) is 0 Å². The molecule has 2 aromatic carbocycles. The summed E-state index contributed by atoms with van der Waals surface area (Å²) in [5, 5.41) is 15.6. The van der Waals surface area contributed by atoms with E-state index >= 15 is 0 Å². The number of nitrogens with zero attached hydrogens (tertiary/aromatic N) is 2. The van der Waals surface area contributed by atoms with Crippen LogP contribution in [-0.4, -0.2) is 32.5 Å². The van der Waals surface area contributed by atoms with Crippen LogP contribution in [0.3, 0.4) is 0 Å². The van der Waals surface area contributed by atoms with Crippen molar-refractivity contribution in [3.8, 4) is 0 Å². The number of thiazole rings is 1. The molecular formula is C25H27F3N6O2S. The van der Waals surface area contributed by atoms with Crippen molar-refractivity contribution in [2.45, 2.75) is 53.3 Å². The highest BCUT2D eigenvalue weighted by Gasteiger charge is 2.36. The molecule has 4 rings (SSSR count). The molecule has 0 aliphatic rings. The van der Waals surface area contributed by atoms with Gasteiger partial charge in [0.1, 0.15) is 5.54 Å². The van der Waals surface area contributed by atoms with Crippen molar-refractivity contribution in [1.82, 2.24) is 15.2 Å². The molecule has 196 valence electrons. The molecule has 0 unspecified atom stereocenters. The van der Waals surface area contributed by atoms with E-state index in [-0.39, 0.29) is 26.8 Å². The third kappa shape index (κ3) is 5.38. The van der Waals surface area contributed by atoms with Crippen molar-refractivity contribution in [2.75, 3.05) is 16.0 Å². The second kappa shape index (κ2) is 9.02. The Morgan fingerprint density at radius 1 is 1.00 bits per heavy atom. The number of halogens is 3. The Labute approximate surface area is 215 Å². The number of aromatic amines is 1. The van der Waals surface area contributed by atoms with Gasteiger partial charge in [0.05, 0.1) is 27.5 Å². The number of carbonyl (C=O) groups is 2. The topological polar surface area (TPSA) is 112 Å². The predicted octanol–water partition coefficient (Wildman–Crippen LogP) is 6.31. The smallest absolute Gasteiger partial charge is 0.372 e. The van der Waals surface area contributed by atoms with Crippen LogP contribution < -0.4 is 16.0 Å². The van der Waals surface area contributed by atoms with Crippen LogP contribution in [0.15, 0.2) is 30.5 Å². The number of benzene rings is 2. The number of carbonyl (C=O) groups excluding carboxylic acids is 2. The standard InChI is InChI=1S/C25H27F3N6O2S/c1-12-7-8-13(9-16(12)30-20(35)23(2,3)4)33-24(5,6)21(36)32-22-31-18-15(25(26,27)28)10-17-14(11-29-34-17)19(18)37-22/h7-11,33H,1-6H3,(H,29,34)(H,30,35)(H,31,32,36). The zero-order chi connectivity index (χ0) is 27.3. The number of nitrogens with one attached hydrogen (secondary N) is 4. The van der Waals surface area contributed by atoms with Crippen LogP contribution in [0.1, 0.15) is 45.7 Å². The predicted molar refractivity (Wildman–Crippen MR) is 140 cm³/mol. The summed E-state index contributed by atoms with van der Waals surface area (Å²) in [7, 11) is 0. The first-order valence-electron chi connectivity index (χ1n) is 11.4. The number of fused-ring (bicyclic) bond motifs is 3. The number of alkyl halides is 3. The quantitative estimate of drug-likeness (QED) is 0.241. The lowest BCUT2D eigenvalue weighted by molar-refractivity contribution is -0.136. The fraction of sp³-hybridized carbons (Fsp3) is 0.360. The molecule has 0 radical (unpaired) electrons. The zero-order valence-electron chi connectivity index (χ0n) is 21.1. The van der Waals surface area contributed by atoms with E-state index in [2.05, 4.69) is 31.1 Å². The molecule has 0 aliphatic carbocycles. The molecule has 12 heteroatoms. The maximum atomic E-state index is 13.7. The number of aromatic nitrogens is 3. The van der Waals surface area contributed by atoms with Crippen LogP contribution in [0.2, 0.25) is 0 Å². The number of hydrogen-bond acceptors (Lipinski definition) is 6. The molecule has 0 atom stereocenters. The molecule has 2 heterocycles. The average molecular weight is 533 g/mol. The van der Waals surface area contributed by atoms with Gasteiger partial charge in [-0.1, -0.05) is 38.2 Å².